The predicted octanol–water partition coefficient (Wildman–Crippen LogP) is 4.35. The molecule has 0 aliphatic rings. The fraction of sp³-hybridized carbons (Fsp3) is 0.0556. The average molecular weight is 434 g/mol. The molecule has 0 aliphatic carbocycles. The van der Waals surface area contributed by atoms with E-state index in [0.29, 0.717) is 15.1 Å². The summed E-state index contributed by atoms with van der Waals surface area (Å²) in [5, 5.41) is 9.64. The number of amides is 2. The highest BCUT2D eigenvalue weighted by atomic mass is 79.9. The molecule has 0 bridgehead atoms. The van der Waals surface area contributed by atoms with Crippen molar-refractivity contribution < 1.29 is 9.59 Å². The van der Waals surface area contributed by atoms with Crippen molar-refractivity contribution in [1.82, 2.24) is 10.2 Å². The Bertz CT molecular complexity index is 959. The van der Waals surface area contributed by atoms with Crippen LogP contribution in [0.2, 0.25) is 5.02 Å². The van der Waals surface area contributed by atoms with Crippen LogP contribution in [-0.2, 0) is 0 Å². The van der Waals surface area contributed by atoms with Gasteiger partial charge in [0.1, 0.15) is 5.69 Å². The fourth-order valence-corrected chi connectivity index (χ4v) is 2.98. The first-order valence-corrected chi connectivity index (χ1v) is 8.79. The van der Waals surface area contributed by atoms with Gasteiger partial charge in [0.2, 0.25) is 0 Å². The first kappa shape index (κ1) is 18.2. The van der Waals surface area contributed by atoms with E-state index in [1.54, 1.807) is 31.3 Å². The highest BCUT2D eigenvalue weighted by Gasteiger charge is 2.23. The molecule has 0 spiro atoms. The molecule has 0 saturated carbocycles. The van der Waals surface area contributed by atoms with Gasteiger partial charge < -0.3 is 10.2 Å². The molecule has 0 aliphatic heterocycles. The topological polar surface area (TPSA) is 78.1 Å². The molecule has 0 atom stereocenters. The molecule has 3 aromatic rings. The van der Waals surface area contributed by atoms with E-state index in [0.717, 1.165) is 5.69 Å². The number of benzene rings is 2. The summed E-state index contributed by atoms with van der Waals surface area (Å²) in [6.07, 6.45) is 0. The van der Waals surface area contributed by atoms with E-state index in [1.165, 1.54) is 4.90 Å². The maximum Gasteiger partial charge on any atom is 0.277 e. The molecule has 132 valence electrons. The van der Waals surface area contributed by atoms with Crippen LogP contribution in [0.25, 0.3) is 0 Å². The Morgan fingerprint density at radius 2 is 1.77 bits per heavy atom. The average Bonchev–Trinajstić information content (AvgIpc) is 3.02. The second-order valence-electron chi connectivity index (χ2n) is 5.39. The quantitative estimate of drug-likeness (QED) is 0.642. The molecule has 26 heavy (non-hydrogen) atoms. The van der Waals surface area contributed by atoms with E-state index < -0.39 is 5.91 Å². The lowest BCUT2D eigenvalue weighted by atomic mass is 10.2. The Hall–Kier alpha value is -2.64. The van der Waals surface area contributed by atoms with Crippen molar-refractivity contribution in [3.63, 3.8) is 0 Å². The smallest absolute Gasteiger partial charge is 0.277 e. The summed E-state index contributed by atoms with van der Waals surface area (Å²) < 4.78 is 0.366. The van der Waals surface area contributed by atoms with Gasteiger partial charge in [0.15, 0.2) is 5.82 Å². The molecule has 3 rings (SSSR count). The second-order valence-corrected chi connectivity index (χ2v) is 6.60. The molecule has 0 fully saturated rings. The molecular formula is C18H14BrClN4O2. The molecule has 0 saturated heterocycles. The van der Waals surface area contributed by atoms with E-state index in [2.05, 4.69) is 31.4 Å². The molecule has 8 heteroatoms. The van der Waals surface area contributed by atoms with Crippen molar-refractivity contribution >= 4 is 50.9 Å². The van der Waals surface area contributed by atoms with E-state index in [-0.39, 0.29) is 17.4 Å². The zero-order valence-electron chi connectivity index (χ0n) is 13.7. The van der Waals surface area contributed by atoms with Crippen molar-refractivity contribution in [2.75, 3.05) is 17.3 Å². The Balaban J connectivity index is 1.81. The number of rotatable bonds is 4. The number of nitrogens with zero attached hydrogens (tertiary/aromatic N) is 2. The van der Waals surface area contributed by atoms with Crippen LogP contribution in [0.5, 0.6) is 0 Å². The minimum atomic E-state index is -0.418. The number of aromatic nitrogens is 2. The third-order valence-electron chi connectivity index (χ3n) is 3.72. The van der Waals surface area contributed by atoms with Gasteiger partial charge in [-0.1, -0.05) is 41.9 Å². The first-order valence-electron chi connectivity index (χ1n) is 7.62. The number of carbonyl (C=O) groups is 2. The van der Waals surface area contributed by atoms with Crippen molar-refractivity contribution in [2.45, 2.75) is 0 Å². The van der Waals surface area contributed by atoms with E-state index in [1.807, 2.05) is 30.3 Å². The lowest BCUT2D eigenvalue weighted by Crippen LogP contribution is -2.26. The normalized spacial score (nSPS) is 10.4. The van der Waals surface area contributed by atoms with Gasteiger partial charge in [0.25, 0.3) is 11.8 Å². The lowest BCUT2D eigenvalue weighted by Gasteiger charge is -2.16. The molecule has 0 unspecified atom stereocenters. The lowest BCUT2D eigenvalue weighted by molar-refractivity contribution is 0.0985. The number of H-pyrrole nitrogens is 1. The number of nitrogens with one attached hydrogen (secondary N) is 2. The number of aromatic amines is 1. The number of halogens is 2. The summed E-state index contributed by atoms with van der Waals surface area (Å²) in [5.41, 5.74) is 1.28. The molecule has 0 radical (unpaired) electrons. The van der Waals surface area contributed by atoms with Crippen LogP contribution in [-0.4, -0.2) is 29.1 Å². The summed E-state index contributed by atoms with van der Waals surface area (Å²) in [6.45, 7) is 0. The Morgan fingerprint density at radius 1 is 1.12 bits per heavy atom. The van der Waals surface area contributed by atoms with Crippen LogP contribution >= 0.6 is 27.5 Å². The highest BCUT2D eigenvalue weighted by Crippen LogP contribution is 2.27. The standard InChI is InChI=1S/C18H14BrClN4O2/c1-24(11-7-3-2-4-8-11)18(26)15-14(19)16(23-22-15)21-17(25)12-9-5-6-10-13(12)20/h2-10H,1H3,(H2,21,22,23,25). The maximum absolute atomic E-state index is 12.7. The number of carbonyl (C=O) groups excluding carboxylic acids is 2. The molecule has 1 heterocycles. The van der Waals surface area contributed by atoms with Gasteiger partial charge in [-0.2, -0.15) is 5.10 Å². The number of hydrogen-bond acceptors (Lipinski definition) is 3. The van der Waals surface area contributed by atoms with Crippen LogP contribution in [0.3, 0.4) is 0 Å². The van der Waals surface area contributed by atoms with Crippen LogP contribution in [0.4, 0.5) is 11.5 Å². The van der Waals surface area contributed by atoms with Gasteiger partial charge in [-0.05, 0) is 40.2 Å². The van der Waals surface area contributed by atoms with Gasteiger partial charge in [-0.3, -0.25) is 14.7 Å². The van der Waals surface area contributed by atoms with Crippen molar-refractivity contribution in [3.05, 3.63) is 75.4 Å². The van der Waals surface area contributed by atoms with Gasteiger partial charge in [-0.15, -0.1) is 0 Å². The van der Waals surface area contributed by atoms with Crippen LogP contribution in [0.1, 0.15) is 20.8 Å². The Morgan fingerprint density at radius 3 is 2.46 bits per heavy atom. The minimum Gasteiger partial charge on any atom is -0.310 e. The Kier molecular flexibility index (Phi) is 5.39. The summed E-state index contributed by atoms with van der Waals surface area (Å²) in [7, 11) is 1.66. The zero-order chi connectivity index (χ0) is 18.7. The van der Waals surface area contributed by atoms with E-state index in [4.69, 9.17) is 11.6 Å². The zero-order valence-corrected chi connectivity index (χ0v) is 16.0. The van der Waals surface area contributed by atoms with Crippen LogP contribution < -0.4 is 10.2 Å². The maximum atomic E-state index is 12.7. The van der Waals surface area contributed by atoms with Gasteiger partial charge in [0.05, 0.1) is 15.1 Å². The number of para-hydroxylation sites is 1. The van der Waals surface area contributed by atoms with Gasteiger partial charge >= 0.3 is 0 Å². The first-order chi connectivity index (χ1) is 12.5. The largest absolute Gasteiger partial charge is 0.310 e. The molecule has 6 nitrogen and oxygen atoms in total. The predicted molar refractivity (Wildman–Crippen MR) is 105 cm³/mol. The van der Waals surface area contributed by atoms with Crippen molar-refractivity contribution in [1.29, 1.82) is 0 Å². The summed E-state index contributed by atoms with van der Waals surface area (Å²) >= 11 is 9.35. The number of anilines is 2. The molecule has 2 amide bonds. The van der Waals surface area contributed by atoms with E-state index in [9.17, 15) is 9.59 Å². The SMILES string of the molecule is CN(C(=O)c1[nH]nc(NC(=O)c2ccccc2Cl)c1Br)c1ccccc1. The van der Waals surface area contributed by atoms with Crippen LogP contribution in [0, 0.1) is 0 Å². The highest BCUT2D eigenvalue weighted by molar-refractivity contribution is 9.10. The van der Waals surface area contributed by atoms with Gasteiger partial charge in [-0.25, -0.2) is 0 Å². The summed E-state index contributed by atoms with van der Waals surface area (Å²) in [5.74, 6) is -0.508. The fourth-order valence-electron chi connectivity index (χ4n) is 2.31. The summed E-state index contributed by atoms with van der Waals surface area (Å²) in [6, 6.07) is 15.9. The molecule has 2 N–H and O–H groups in total. The second kappa shape index (κ2) is 7.72. The van der Waals surface area contributed by atoms with Crippen molar-refractivity contribution in [2.24, 2.45) is 0 Å². The third-order valence-corrected chi connectivity index (χ3v) is 4.82. The van der Waals surface area contributed by atoms with Crippen molar-refractivity contribution in [3.8, 4) is 0 Å². The van der Waals surface area contributed by atoms with Gasteiger partial charge in [0, 0.05) is 12.7 Å². The third kappa shape index (κ3) is 3.63. The van der Waals surface area contributed by atoms with E-state index >= 15 is 0 Å². The van der Waals surface area contributed by atoms with Crippen LogP contribution in [0.15, 0.2) is 59.1 Å². The summed E-state index contributed by atoms with van der Waals surface area (Å²) in [4.78, 5) is 26.5. The number of hydrogen-bond donors (Lipinski definition) is 2. The molecule has 2 aromatic carbocycles. The molecule has 1 aromatic heterocycles. The Labute approximate surface area is 163 Å². The monoisotopic (exact) mass is 432 g/mol. The molecular weight excluding hydrogens is 420 g/mol. The minimum absolute atomic E-state index is 0.208.